The van der Waals surface area contributed by atoms with Gasteiger partial charge in [0.25, 0.3) is 0 Å². The SMILES string of the molecule is O=C(NCC1(O)CCCc2occc21)C(=O)Nc1ccc(F)c(Cl)c1. The zero-order valence-corrected chi connectivity index (χ0v) is 13.9. The van der Waals surface area contributed by atoms with Crippen molar-refractivity contribution in [3.8, 4) is 0 Å². The monoisotopic (exact) mass is 366 g/mol. The molecule has 0 aliphatic heterocycles. The summed E-state index contributed by atoms with van der Waals surface area (Å²) in [5.41, 5.74) is -0.444. The highest BCUT2D eigenvalue weighted by Gasteiger charge is 2.37. The number of benzene rings is 1. The molecule has 3 rings (SSSR count). The maximum Gasteiger partial charge on any atom is 0.313 e. The smallest absolute Gasteiger partial charge is 0.313 e. The molecule has 1 aromatic heterocycles. The Kier molecular flexibility index (Phi) is 4.78. The number of anilines is 1. The lowest BCUT2D eigenvalue weighted by Gasteiger charge is -2.31. The van der Waals surface area contributed by atoms with Gasteiger partial charge in [-0.1, -0.05) is 11.6 Å². The maximum absolute atomic E-state index is 13.1. The summed E-state index contributed by atoms with van der Waals surface area (Å²) in [6.45, 7) is -0.115. The highest BCUT2D eigenvalue weighted by molar-refractivity contribution is 6.39. The first-order valence-electron chi connectivity index (χ1n) is 7.72. The lowest BCUT2D eigenvalue weighted by molar-refractivity contribution is -0.137. The molecule has 3 N–H and O–H groups in total. The van der Waals surface area contributed by atoms with Gasteiger partial charge in [0.2, 0.25) is 0 Å². The van der Waals surface area contributed by atoms with Crippen molar-refractivity contribution in [1.82, 2.24) is 5.32 Å². The van der Waals surface area contributed by atoms with Crippen molar-refractivity contribution < 1.29 is 23.5 Å². The predicted octanol–water partition coefficient (Wildman–Crippen LogP) is 2.35. The van der Waals surface area contributed by atoms with Crippen molar-refractivity contribution in [1.29, 1.82) is 0 Å². The van der Waals surface area contributed by atoms with Gasteiger partial charge < -0.3 is 20.2 Å². The molecule has 6 nitrogen and oxygen atoms in total. The Morgan fingerprint density at radius 2 is 2.12 bits per heavy atom. The fraction of sp³-hybridized carbons (Fsp3) is 0.294. The summed E-state index contributed by atoms with van der Waals surface area (Å²) in [6.07, 6.45) is 3.39. The number of nitrogens with one attached hydrogen (secondary N) is 2. The molecule has 0 bridgehead atoms. The number of hydrogen-bond donors (Lipinski definition) is 3. The van der Waals surface area contributed by atoms with Crippen molar-refractivity contribution >= 4 is 29.1 Å². The number of amides is 2. The van der Waals surface area contributed by atoms with Gasteiger partial charge in [0.1, 0.15) is 17.2 Å². The van der Waals surface area contributed by atoms with Crippen molar-refractivity contribution in [3.63, 3.8) is 0 Å². The van der Waals surface area contributed by atoms with Crippen molar-refractivity contribution in [2.75, 3.05) is 11.9 Å². The number of aryl methyl sites for hydroxylation is 1. The van der Waals surface area contributed by atoms with E-state index in [1.54, 1.807) is 6.07 Å². The van der Waals surface area contributed by atoms with Crippen LogP contribution < -0.4 is 10.6 Å². The summed E-state index contributed by atoms with van der Waals surface area (Å²) in [4.78, 5) is 23.9. The topological polar surface area (TPSA) is 91.6 Å². The number of carbonyl (C=O) groups excluding carboxylic acids is 2. The van der Waals surface area contributed by atoms with E-state index in [9.17, 15) is 19.1 Å². The van der Waals surface area contributed by atoms with E-state index in [2.05, 4.69) is 10.6 Å². The maximum atomic E-state index is 13.1. The minimum Gasteiger partial charge on any atom is -0.469 e. The highest BCUT2D eigenvalue weighted by atomic mass is 35.5. The predicted molar refractivity (Wildman–Crippen MR) is 88.6 cm³/mol. The molecule has 0 radical (unpaired) electrons. The molecule has 0 fully saturated rings. The van der Waals surface area contributed by atoms with Crippen molar-refractivity contribution in [2.45, 2.75) is 24.9 Å². The number of halogens is 2. The molecule has 2 aromatic rings. The van der Waals surface area contributed by atoms with E-state index >= 15 is 0 Å². The Labute approximate surface area is 148 Å². The van der Waals surface area contributed by atoms with Crippen molar-refractivity contribution in [2.24, 2.45) is 0 Å². The second-order valence-electron chi connectivity index (χ2n) is 5.91. The van der Waals surface area contributed by atoms with E-state index in [4.69, 9.17) is 16.0 Å². The van der Waals surface area contributed by atoms with Crippen LogP contribution in [0.3, 0.4) is 0 Å². The Morgan fingerprint density at radius 1 is 1.32 bits per heavy atom. The molecule has 25 heavy (non-hydrogen) atoms. The largest absolute Gasteiger partial charge is 0.469 e. The van der Waals surface area contributed by atoms with Crippen LogP contribution in [-0.4, -0.2) is 23.5 Å². The van der Waals surface area contributed by atoms with Crippen LogP contribution in [0.1, 0.15) is 24.2 Å². The van der Waals surface area contributed by atoms with Crippen LogP contribution in [-0.2, 0) is 21.6 Å². The molecule has 1 atom stereocenters. The van der Waals surface area contributed by atoms with Gasteiger partial charge in [0.05, 0.1) is 17.8 Å². The molecule has 1 heterocycles. The summed E-state index contributed by atoms with van der Waals surface area (Å²) in [5, 5.41) is 15.3. The Hall–Kier alpha value is -2.38. The molecule has 0 saturated heterocycles. The van der Waals surface area contributed by atoms with E-state index < -0.39 is 23.2 Å². The average Bonchev–Trinajstić information content (AvgIpc) is 3.06. The first kappa shape index (κ1) is 17.4. The fourth-order valence-corrected chi connectivity index (χ4v) is 3.06. The van der Waals surface area contributed by atoms with Crippen LogP contribution >= 0.6 is 11.6 Å². The third-order valence-corrected chi connectivity index (χ3v) is 4.46. The molecule has 1 unspecified atom stereocenters. The summed E-state index contributed by atoms with van der Waals surface area (Å²) in [5.74, 6) is -1.79. The minimum absolute atomic E-state index is 0.115. The first-order valence-corrected chi connectivity index (χ1v) is 8.10. The normalized spacial score (nSPS) is 19.2. The second kappa shape index (κ2) is 6.85. The van der Waals surface area contributed by atoms with E-state index in [-0.39, 0.29) is 17.3 Å². The third kappa shape index (κ3) is 3.67. The lowest BCUT2D eigenvalue weighted by Crippen LogP contribution is -2.45. The summed E-state index contributed by atoms with van der Waals surface area (Å²) in [6, 6.07) is 5.25. The van der Waals surface area contributed by atoms with Gasteiger partial charge in [-0.15, -0.1) is 0 Å². The number of rotatable bonds is 3. The number of fused-ring (bicyclic) bond motifs is 1. The minimum atomic E-state index is -1.27. The van der Waals surface area contributed by atoms with Crippen LogP contribution in [0.4, 0.5) is 10.1 Å². The highest BCUT2D eigenvalue weighted by Crippen LogP contribution is 2.35. The number of hydrogen-bond acceptors (Lipinski definition) is 4. The molecular formula is C17H16ClFN2O4. The van der Waals surface area contributed by atoms with Gasteiger partial charge >= 0.3 is 11.8 Å². The van der Waals surface area contributed by atoms with Crippen LogP contribution in [0.25, 0.3) is 0 Å². The molecule has 1 aromatic carbocycles. The second-order valence-corrected chi connectivity index (χ2v) is 6.32. The first-order chi connectivity index (χ1) is 11.9. The van der Waals surface area contributed by atoms with Crippen LogP contribution in [0.2, 0.25) is 5.02 Å². The molecule has 0 spiro atoms. The van der Waals surface area contributed by atoms with Gasteiger partial charge in [-0.05, 0) is 37.1 Å². The van der Waals surface area contributed by atoms with Gasteiger partial charge in [-0.3, -0.25) is 9.59 Å². The van der Waals surface area contributed by atoms with Crippen molar-refractivity contribution in [3.05, 3.63) is 52.7 Å². The number of furan rings is 1. The fourth-order valence-electron chi connectivity index (χ4n) is 2.88. The molecule has 132 valence electrons. The molecule has 1 aliphatic rings. The van der Waals surface area contributed by atoms with E-state index in [1.165, 1.54) is 18.4 Å². The van der Waals surface area contributed by atoms with Crippen LogP contribution in [0, 0.1) is 5.82 Å². The Morgan fingerprint density at radius 3 is 2.88 bits per heavy atom. The molecule has 0 saturated carbocycles. The number of carbonyl (C=O) groups is 2. The van der Waals surface area contributed by atoms with Gasteiger partial charge in [0.15, 0.2) is 0 Å². The van der Waals surface area contributed by atoms with Gasteiger partial charge in [0, 0.05) is 17.7 Å². The zero-order valence-electron chi connectivity index (χ0n) is 13.1. The Balaban J connectivity index is 1.61. The summed E-state index contributed by atoms with van der Waals surface area (Å²) < 4.78 is 18.4. The molecule has 1 aliphatic carbocycles. The molecular weight excluding hydrogens is 351 g/mol. The summed E-state index contributed by atoms with van der Waals surface area (Å²) in [7, 11) is 0. The van der Waals surface area contributed by atoms with Crippen LogP contribution in [0.15, 0.2) is 34.9 Å². The third-order valence-electron chi connectivity index (χ3n) is 4.17. The molecule has 8 heteroatoms. The number of aliphatic hydroxyl groups is 1. The standard InChI is InChI=1S/C17H16ClFN2O4/c18-12-8-10(3-4-13(12)19)21-16(23)15(22)20-9-17(24)6-1-2-14-11(17)5-7-25-14/h3-5,7-8,24H,1-2,6,9H2,(H,20,22)(H,21,23). The van der Waals surface area contributed by atoms with Gasteiger partial charge in [-0.25, -0.2) is 4.39 Å². The van der Waals surface area contributed by atoms with E-state index in [1.807, 2.05) is 0 Å². The Bertz CT molecular complexity index is 823. The van der Waals surface area contributed by atoms with Gasteiger partial charge in [-0.2, -0.15) is 0 Å². The van der Waals surface area contributed by atoms with Crippen LogP contribution in [0.5, 0.6) is 0 Å². The average molecular weight is 367 g/mol. The summed E-state index contributed by atoms with van der Waals surface area (Å²) >= 11 is 5.63. The lowest BCUT2D eigenvalue weighted by atomic mass is 9.83. The van der Waals surface area contributed by atoms with E-state index in [0.717, 1.165) is 12.5 Å². The zero-order chi connectivity index (χ0) is 18.0. The molecule has 2 amide bonds. The van der Waals surface area contributed by atoms with E-state index in [0.29, 0.717) is 24.2 Å². The quantitative estimate of drug-likeness (QED) is 0.727.